The average molecular weight is 275 g/mol. The van der Waals surface area contributed by atoms with E-state index in [-0.39, 0.29) is 0 Å². The van der Waals surface area contributed by atoms with E-state index >= 15 is 0 Å². The van der Waals surface area contributed by atoms with E-state index in [1.165, 1.54) is 0 Å². The molecule has 0 amide bonds. The van der Waals surface area contributed by atoms with Gasteiger partial charge in [0.1, 0.15) is 5.82 Å². The highest BCUT2D eigenvalue weighted by atomic mass is 32.1. The van der Waals surface area contributed by atoms with E-state index in [4.69, 9.17) is 22.7 Å². The van der Waals surface area contributed by atoms with E-state index in [1.807, 2.05) is 18.2 Å². The van der Waals surface area contributed by atoms with Gasteiger partial charge < -0.3 is 15.0 Å². The predicted molar refractivity (Wildman–Crippen MR) is 79.3 cm³/mol. The lowest BCUT2D eigenvalue weighted by Crippen LogP contribution is -2.24. The third-order valence-corrected chi connectivity index (χ3v) is 3.65. The number of hydrogen-bond donors (Lipinski definition) is 1. The predicted octanol–water partition coefficient (Wildman–Crippen LogP) is 2.22. The highest BCUT2D eigenvalue weighted by Gasteiger charge is 2.21. The van der Waals surface area contributed by atoms with Gasteiger partial charge in [0.05, 0.1) is 35.1 Å². The number of fused-ring (bicyclic) bond motifs is 1. The zero-order chi connectivity index (χ0) is 13.2. The minimum atomic E-state index is 0.338. The van der Waals surface area contributed by atoms with Crippen molar-refractivity contribution < 1.29 is 4.74 Å². The highest BCUT2D eigenvalue weighted by Crippen LogP contribution is 2.27. The summed E-state index contributed by atoms with van der Waals surface area (Å²) >= 11 is 5.04. The summed E-state index contributed by atoms with van der Waals surface area (Å²) in [4.78, 5) is 5.15. The van der Waals surface area contributed by atoms with Crippen LogP contribution >= 0.6 is 12.2 Å². The molecule has 0 radical (unpaired) electrons. The first-order chi connectivity index (χ1) is 9.25. The van der Waals surface area contributed by atoms with Crippen LogP contribution in [0.4, 0.5) is 0 Å². The first-order valence-corrected chi connectivity index (χ1v) is 6.98. The summed E-state index contributed by atoms with van der Waals surface area (Å²) in [6, 6.07) is 8.50. The smallest absolute Gasteiger partial charge is 0.117 e. The molecular weight excluding hydrogens is 258 g/mol. The molecule has 2 aromatic rings. The van der Waals surface area contributed by atoms with Gasteiger partial charge >= 0.3 is 0 Å². The molecule has 1 aromatic heterocycles. The minimum Gasteiger partial charge on any atom is -0.393 e. The van der Waals surface area contributed by atoms with E-state index in [9.17, 15) is 0 Å². The van der Waals surface area contributed by atoms with Gasteiger partial charge in [-0.3, -0.25) is 0 Å². The minimum absolute atomic E-state index is 0.338. The van der Waals surface area contributed by atoms with Gasteiger partial charge in [-0.1, -0.05) is 24.4 Å². The van der Waals surface area contributed by atoms with Crippen molar-refractivity contribution in [3.05, 3.63) is 30.1 Å². The van der Waals surface area contributed by atoms with Crippen molar-refractivity contribution in [1.82, 2.24) is 9.55 Å². The van der Waals surface area contributed by atoms with Gasteiger partial charge in [0.2, 0.25) is 0 Å². The van der Waals surface area contributed by atoms with Crippen molar-refractivity contribution in [1.29, 1.82) is 0 Å². The summed E-state index contributed by atoms with van der Waals surface area (Å²) in [5.41, 5.74) is 7.83. The Labute approximate surface area is 117 Å². The molecule has 19 heavy (non-hydrogen) atoms. The Balaban J connectivity index is 2.09. The van der Waals surface area contributed by atoms with Crippen molar-refractivity contribution in [2.45, 2.75) is 25.3 Å². The second-order valence-corrected chi connectivity index (χ2v) is 5.43. The van der Waals surface area contributed by atoms with Crippen LogP contribution in [0.1, 0.15) is 24.7 Å². The molecule has 2 N–H and O–H groups in total. The molecular formula is C14H17N3OS. The van der Waals surface area contributed by atoms with Gasteiger partial charge in [0.15, 0.2) is 0 Å². The number of rotatable bonds is 3. The van der Waals surface area contributed by atoms with Crippen LogP contribution in [-0.4, -0.2) is 27.8 Å². The number of ether oxygens (including phenoxy) is 1. The molecule has 4 nitrogen and oxygen atoms in total. The van der Waals surface area contributed by atoms with Gasteiger partial charge in [0.25, 0.3) is 0 Å². The largest absolute Gasteiger partial charge is 0.393 e. The maximum atomic E-state index is 5.69. The lowest BCUT2D eigenvalue weighted by Gasteiger charge is -2.25. The third kappa shape index (κ3) is 2.48. The Bertz CT molecular complexity index is 602. The summed E-state index contributed by atoms with van der Waals surface area (Å²) < 4.78 is 7.86. The van der Waals surface area contributed by atoms with Crippen LogP contribution in [0.2, 0.25) is 0 Å². The Morgan fingerprint density at radius 2 is 2.32 bits per heavy atom. The van der Waals surface area contributed by atoms with Crippen molar-refractivity contribution in [2.24, 2.45) is 5.73 Å². The van der Waals surface area contributed by atoms with Crippen molar-refractivity contribution in [3.63, 3.8) is 0 Å². The number of hydrogen-bond acceptors (Lipinski definition) is 3. The molecule has 0 aliphatic carbocycles. The molecule has 1 aliphatic heterocycles. The standard InChI is InChI=1S/C14H17N3OS/c15-13(19)8-14-16-11-5-1-2-6-12(11)17(14)10-4-3-7-18-9-10/h1-2,5-6,10H,3-4,7-9H2,(H2,15,19). The summed E-state index contributed by atoms with van der Waals surface area (Å²) in [6.07, 6.45) is 2.74. The molecule has 100 valence electrons. The fourth-order valence-electron chi connectivity index (χ4n) is 2.71. The van der Waals surface area contributed by atoms with Crippen LogP contribution in [0.3, 0.4) is 0 Å². The molecule has 1 fully saturated rings. The van der Waals surface area contributed by atoms with Crippen LogP contribution in [-0.2, 0) is 11.2 Å². The quantitative estimate of drug-likeness (QED) is 0.873. The van der Waals surface area contributed by atoms with Gasteiger partial charge in [0, 0.05) is 6.61 Å². The van der Waals surface area contributed by atoms with Crippen LogP contribution in [0, 0.1) is 0 Å². The molecule has 1 unspecified atom stereocenters. The Hall–Kier alpha value is -1.46. The molecule has 1 atom stereocenters. The van der Waals surface area contributed by atoms with Crippen molar-refractivity contribution in [3.8, 4) is 0 Å². The Morgan fingerprint density at radius 3 is 3.05 bits per heavy atom. The molecule has 3 rings (SSSR count). The van der Waals surface area contributed by atoms with Crippen LogP contribution in [0.15, 0.2) is 24.3 Å². The molecule has 0 saturated carbocycles. The fraction of sp³-hybridized carbons (Fsp3) is 0.429. The summed E-state index contributed by atoms with van der Waals surface area (Å²) in [5.74, 6) is 0.948. The third-order valence-electron chi connectivity index (χ3n) is 3.50. The topological polar surface area (TPSA) is 53.1 Å². The van der Waals surface area contributed by atoms with Crippen LogP contribution < -0.4 is 5.73 Å². The second-order valence-electron chi connectivity index (χ2n) is 4.90. The van der Waals surface area contributed by atoms with E-state index in [0.717, 1.165) is 42.9 Å². The Morgan fingerprint density at radius 1 is 1.47 bits per heavy atom. The Kier molecular flexibility index (Phi) is 3.48. The molecule has 5 heteroatoms. The van der Waals surface area contributed by atoms with Crippen LogP contribution in [0.5, 0.6) is 0 Å². The van der Waals surface area contributed by atoms with Gasteiger partial charge in [-0.05, 0) is 25.0 Å². The number of nitrogens with zero attached hydrogens (tertiary/aromatic N) is 2. The van der Waals surface area contributed by atoms with Crippen molar-refractivity contribution >= 4 is 28.2 Å². The van der Waals surface area contributed by atoms with Crippen LogP contribution in [0.25, 0.3) is 11.0 Å². The lowest BCUT2D eigenvalue weighted by molar-refractivity contribution is 0.0597. The molecule has 0 spiro atoms. The molecule has 1 aromatic carbocycles. The molecule has 1 saturated heterocycles. The average Bonchev–Trinajstić information content (AvgIpc) is 2.76. The summed E-state index contributed by atoms with van der Waals surface area (Å²) in [6.45, 7) is 1.60. The molecule has 0 bridgehead atoms. The zero-order valence-corrected chi connectivity index (χ0v) is 11.5. The number of thiocarbonyl (C=S) groups is 1. The number of imidazole rings is 1. The molecule has 2 heterocycles. The first kappa shape index (κ1) is 12.6. The number of benzene rings is 1. The number of para-hydroxylation sites is 2. The second kappa shape index (κ2) is 5.27. The first-order valence-electron chi connectivity index (χ1n) is 6.57. The zero-order valence-electron chi connectivity index (χ0n) is 10.7. The van der Waals surface area contributed by atoms with E-state index in [2.05, 4.69) is 15.6 Å². The lowest BCUT2D eigenvalue weighted by atomic mass is 10.1. The fourth-order valence-corrected chi connectivity index (χ4v) is 2.84. The SMILES string of the molecule is NC(=S)Cc1nc2ccccc2n1C1CCCOC1. The van der Waals surface area contributed by atoms with Gasteiger partial charge in [-0.25, -0.2) is 4.98 Å². The van der Waals surface area contributed by atoms with E-state index < -0.39 is 0 Å². The number of nitrogens with two attached hydrogens (primary N) is 1. The summed E-state index contributed by atoms with van der Waals surface area (Å²) in [7, 11) is 0. The normalized spacial score (nSPS) is 19.7. The maximum absolute atomic E-state index is 5.69. The van der Waals surface area contributed by atoms with Gasteiger partial charge in [-0.15, -0.1) is 0 Å². The molecule has 1 aliphatic rings. The van der Waals surface area contributed by atoms with E-state index in [0.29, 0.717) is 17.5 Å². The highest BCUT2D eigenvalue weighted by molar-refractivity contribution is 7.80. The monoisotopic (exact) mass is 275 g/mol. The summed E-state index contributed by atoms with van der Waals surface area (Å²) in [5, 5.41) is 0. The van der Waals surface area contributed by atoms with E-state index in [1.54, 1.807) is 0 Å². The number of aromatic nitrogens is 2. The maximum Gasteiger partial charge on any atom is 0.117 e. The van der Waals surface area contributed by atoms with Crippen molar-refractivity contribution in [2.75, 3.05) is 13.2 Å². The van der Waals surface area contributed by atoms with Gasteiger partial charge in [-0.2, -0.15) is 0 Å².